The van der Waals surface area contributed by atoms with Crippen molar-refractivity contribution in [1.82, 2.24) is 0 Å². The molecule has 1 aliphatic rings. The Bertz CT molecular complexity index is 302. The maximum atomic E-state index is 11.9. The molecule has 0 heterocycles. The van der Waals surface area contributed by atoms with E-state index in [0.717, 1.165) is 0 Å². The highest BCUT2D eigenvalue weighted by Gasteiger charge is 2.32. The molecule has 0 aliphatic heterocycles. The highest BCUT2D eigenvalue weighted by Crippen LogP contribution is 2.33. The summed E-state index contributed by atoms with van der Waals surface area (Å²) in [6, 6.07) is 0. The van der Waals surface area contributed by atoms with E-state index in [0.29, 0.717) is 35.7 Å². The number of Topliss-reactive ketones (excluding diaryl/α,β-unsaturated/α-hetero) is 2. The van der Waals surface area contributed by atoms with Crippen LogP contribution in [-0.4, -0.2) is 11.6 Å². The third-order valence-electron chi connectivity index (χ3n) is 3.12. The van der Waals surface area contributed by atoms with Gasteiger partial charge in [0, 0.05) is 21.9 Å². The van der Waals surface area contributed by atoms with E-state index in [1.54, 1.807) is 0 Å². The van der Waals surface area contributed by atoms with Crippen molar-refractivity contribution in [2.75, 3.05) is 0 Å². The second-order valence-corrected chi connectivity index (χ2v) is 5.07. The normalized spacial score (nSPS) is 28.0. The molecule has 0 radical (unpaired) electrons. The maximum absolute atomic E-state index is 11.9. The van der Waals surface area contributed by atoms with Crippen LogP contribution in [0.25, 0.3) is 0 Å². The van der Waals surface area contributed by atoms with E-state index in [1.807, 2.05) is 13.8 Å². The van der Waals surface area contributed by atoms with Crippen molar-refractivity contribution < 1.29 is 9.59 Å². The number of carbonyl (C=O) groups excluding carboxylic acids is 2. The predicted octanol–water partition coefficient (Wildman–Crippen LogP) is 3.66. The molecule has 1 rings (SSSR count). The summed E-state index contributed by atoms with van der Waals surface area (Å²) in [7, 11) is 0. The molecule has 0 spiro atoms. The molecule has 0 bridgehead atoms. The number of ketones is 2. The Morgan fingerprint density at radius 1 is 0.938 bits per heavy atom. The molecule has 0 saturated carbocycles. The summed E-state index contributed by atoms with van der Waals surface area (Å²) in [4.78, 5) is 23.8. The molecule has 0 amide bonds. The third-order valence-corrected chi connectivity index (χ3v) is 3.98. The fourth-order valence-corrected chi connectivity index (χ4v) is 2.43. The van der Waals surface area contributed by atoms with Gasteiger partial charge in [-0.3, -0.25) is 9.59 Å². The summed E-state index contributed by atoms with van der Waals surface area (Å²) in [6.07, 6.45) is 2.05. The van der Waals surface area contributed by atoms with Gasteiger partial charge >= 0.3 is 0 Å². The number of allylic oxidation sites excluding steroid dienone is 2. The van der Waals surface area contributed by atoms with Crippen molar-refractivity contribution in [1.29, 1.82) is 0 Å². The summed E-state index contributed by atoms with van der Waals surface area (Å²) >= 11 is 12.1. The molecule has 1 aliphatic carbocycles. The minimum atomic E-state index is -0.303. The molecule has 0 N–H and O–H groups in total. The standard InChI is InChI=1S/C12H16Cl2O2/c1-3-7-5-9(13)10(14)6-8(4-2)12(16)11(7)15/h7-8H,3-6H2,1-2H3. The molecule has 4 heteroatoms. The molecule has 16 heavy (non-hydrogen) atoms. The SMILES string of the molecule is CCC1CC(Cl)=C(Cl)CC(CC)C(=O)C1=O. The van der Waals surface area contributed by atoms with Gasteiger partial charge in [0.2, 0.25) is 11.6 Å². The smallest absolute Gasteiger partial charge is 0.202 e. The summed E-state index contributed by atoms with van der Waals surface area (Å²) < 4.78 is 0. The average Bonchev–Trinajstić information content (AvgIpc) is 2.29. The predicted molar refractivity (Wildman–Crippen MR) is 65.5 cm³/mol. The van der Waals surface area contributed by atoms with Gasteiger partial charge in [0.25, 0.3) is 0 Å². The zero-order chi connectivity index (χ0) is 12.3. The van der Waals surface area contributed by atoms with Gasteiger partial charge < -0.3 is 0 Å². The van der Waals surface area contributed by atoms with Gasteiger partial charge in [-0.15, -0.1) is 0 Å². The second-order valence-electron chi connectivity index (χ2n) is 4.16. The van der Waals surface area contributed by atoms with Crippen molar-refractivity contribution in [3.8, 4) is 0 Å². The first-order valence-electron chi connectivity index (χ1n) is 5.62. The lowest BCUT2D eigenvalue weighted by molar-refractivity contribution is -0.141. The number of carbonyl (C=O) groups is 2. The van der Waals surface area contributed by atoms with Gasteiger partial charge in [-0.05, 0) is 25.7 Å². The van der Waals surface area contributed by atoms with Crippen LogP contribution < -0.4 is 0 Å². The second kappa shape index (κ2) is 5.83. The van der Waals surface area contributed by atoms with Crippen molar-refractivity contribution in [3.63, 3.8) is 0 Å². The van der Waals surface area contributed by atoms with E-state index < -0.39 is 0 Å². The molecule has 0 aromatic carbocycles. The van der Waals surface area contributed by atoms with Crippen molar-refractivity contribution in [2.45, 2.75) is 39.5 Å². The fourth-order valence-electron chi connectivity index (χ4n) is 1.90. The zero-order valence-corrected chi connectivity index (χ0v) is 11.1. The largest absolute Gasteiger partial charge is 0.291 e. The Balaban J connectivity index is 3.05. The first kappa shape index (κ1) is 13.7. The van der Waals surface area contributed by atoms with E-state index in [1.165, 1.54) is 0 Å². The van der Waals surface area contributed by atoms with E-state index in [-0.39, 0.29) is 23.4 Å². The van der Waals surface area contributed by atoms with E-state index in [4.69, 9.17) is 23.2 Å². The van der Waals surface area contributed by atoms with Gasteiger partial charge in [0.15, 0.2) is 0 Å². The summed E-state index contributed by atoms with van der Waals surface area (Å²) in [6.45, 7) is 3.77. The van der Waals surface area contributed by atoms with Gasteiger partial charge in [0.05, 0.1) is 0 Å². The number of halogens is 2. The van der Waals surface area contributed by atoms with Crippen LogP contribution in [-0.2, 0) is 9.59 Å². The third kappa shape index (κ3) is 2.86. The van der Waals surface area contributed by atoms with Crippen LogP contribution in [0.15, 0.2) is 10.1 Å². The van der Waals surface area contributed by atoms with E-state index in [9.17, 15) is 9.59 Å². The van der Waals surface area contributed by atoms with Gasteiger partial charge in [-0.2, -0.15) is 0 Å². The number of hydrogen-bond acceptors (Lipinski definition) is 2. The fraction of sp³-hybridized carbons (Fsp3) is 0.667. The van der Waals surface area contributed by atoms with E-state index >= 15 is 0 Å². The van der Waals surface area contributed by atoms with Crippen molar-refractivity contribution in [3.05, 3.63) is 10.1 Å². The van der Waals surface area contributed by atoms with Crippen LogP contribution in [0.3, 0.4) is 0 Å². The Morgan fingerprint density at radius 3 is 1.50 bits per heavy atom. The summed E-state index contributed by atoms with van der Waals surface area (Å²) in [5.41, 5.74) is 0. The van der Waals surface area contributed by atoms with Gasteiger partial charge in [0.1, 0.15) is 0 Å². The molecular formula is C12H16Cl2O2. The minimum Gasteiger partial charge on any atom is -0.291 e. The molecule has 0 aromatic rings. The van der Waals surface area contributed by atoms with Crippen LogP contribution in [0.1, 0.15) is 39.5 Å². The quantitative estimate of drug-likeness (QED) is 0.712. The Hall–Kier alpha value is -0.340. The van der Waals surface area contributed by atoms with Crippen LogP contribution in [0, 0.1) is 11.8 Å². The Kier molecular flexibility index (Phi) is 5.00. The molecule has 2 atom stereocenters. The molecular weight excluding hydrogens is 247 g/mol. The molecule has 0 saturated heterocycles. The first-order chi connectivity index (χ1) is 7.51. The van der Waals surface area contributed by atoms with Crippen molar-refractivity contribution in [2.24, 2.45) is 11.8 Å². The lowest BCUT2D eigenvalue weighted by Crippen LogP contribution is -2.31. The molecule has 2 unspecified atom stereocenters. The zero-order valence-electron chi connectivity index (χ0n) is 9.56. The number of rotatable bonds is 2. The average molecular weight is 263 g/mol. The lowest BCUT2D eigenvalue weighted by Gasteiger charge is -2.21. The Morgan fingerprint density at radius 2 is 1.25 bits per heavy atom. The topological polar surface area (TPSA) is 34.1 Å². The molecule has 0 aromatic heterocycles. The summed E-state index contributed by atoms with van der Waals surface area (Å²) in [5, 5.41) is 1.07. The minimum absolute atomic E-state index is 0.281. The first-order valence-corrected chi connectivity index (χ1v) is 6.37. The van der Waals surface area contributed by atoms with Crippen LogP contribution in [0.2, 0.25) is 0 Å². The van der Waals surface area contributed by atoms with Crippen LogP contribution in [0.5, 0.6) is 0 Å². The number of hydrogen-bond donors (Lipinski definition) is 0. The van der Waals surface area contributed by atoms with Gasteiger partial charge in [-0.1, -0.05) is 37.0 Å². The highest BCUT2D eigenvalue weighted by atomic mass is 35.5. The van der Waals surface area contributed by atoms with Crippen LogP contribution in [0.4, 0.5) is 0 Å². The van der Waals surface area contributed by atoms with E-state index in [2.05, 4.69) is 0 Å². The monoisotopic (exact) mass is 262 g/mol. The van der Waals surface area contributed by atoms with Gasteiger partial charge in [-0.25, -0.2) is 0 Å². The molecule has 0 fully saturated rings. The maximum Gasteiger partial charge on any atom is 0.202 e. The summed E-state index contributed by atoms with van der Waals surface area (Å²) in [5.74, 6) is -1.17. The molecule has 2 nitrogen and oxygen atoms in total. The molecule has 90 valence electrons. The lowest BCUT2D eigenvalue weighted by atomic mass is 9.84. The van der Waals surface area contributed by atoms with Crippen LogP contribution >= 0.6 is 23.2 Å². The highest BCUT2D eigenvalue weighted by molar-refractivity contribution is 6.42. The Labute approximate surface area is 106 Å². The van der Waals surface area contributed by atoms with Crippen molar-refractivity contribution >= 4 is 34.8 Å².